The highest BCUT2D eigenvalue weighted by molar-refractivity contribution is 7.89. The van der Waals surface area contributed by atoms with E-state index in [9.17, 15) is 8.42 Å². The number of nitrogens with two attached hydrogens (primary N) is 1. The molecule has 0 radical (unpaired) electrons. The fraction of sp³-hybridized carbons (Fsp3) is 0.571. The topological polar surface area (TPSA) is 90.7 Å². The quantitative estimate of drug-likeness (QED) is 0.762. The summed E-state index contributed by atoms with van der Waals surface area (Å²) in [4.78, 5) is 0.232. The van der Waals surface area contributed by atoms with Gasteiger partial charge in [0.05, 0.1) is 11.5 Å². The minimum Gasteiger partial charge on any atom is -0.399 e. The molecule has 0 saturated carbocycles. The smallest absolute Gasteiger partial charge is 0.241 e. The van der Waals surface area contributed by atoms with Crippen molar-refractivity contribution >= 4 is 15.7 Å². The molecule has 0 aliphatic carbocycles. The zero-order chi connectivity index (χ0) is 15.5. The lowest BCUT2D eigenvalue weighted by Crippen LogP contribution is -2.45. The van der Waals surface area contributed by atoms with E-state index in [0.29, 0.717) is 31.7 Å². The monoisotopic (exact) mass is 314 g/mol. The Morgan fingerprint density at radius 2 is 2.24 bits per heavy atom. The minimum absolute atomic E-state index is 0.184. The molecule has 0 aromatic heterocycles. The molecule has 1 heterocycles. The zero-order valence-electron chi connectivity index (χ0n) is 12.4. The molecule has 1 unspecified atom stereocenters. The maximum absolute atomic E-state index is 12.5. The van der Waals surface area contributed by atoms with E-state index >= 15 is 0 Å². The van der Waals surface area contributed by atoms with E-state index in [-0.39, 0.29) is 11.4 Å². The van der Waals surface area contributed by atoms with Gasteiger partial charge in [-0.3, -0.25) is 0 Å². The molecule has 1 fully saturated rings. The largest absolute Gasteiger partial charge is 0.399 e. The van der Waals surface area contributed by atoms with Crippen molar-refractivity contribution in [3.05, 3.63) is 23.8 Å². The second kappa shape index (κ2) is 6.31. The van der Waals surface area contributed by atoms with Crippen LogP contribution in [-0.4, -0.2) is 40.9 Å². The van der Waals surface area contributed by atoms with Crippen LogP contribution < -0.4 is 10.5 Å². The first-order valence-corrected chi connectivity index (χ1v) is 8.42. The van der Waals surface area contributed by atoms with E-state index < -0.39 is 15.6 Å². The third kappa shape index (κ3) is 3.55. The molecule has 1 saturated heterocycles. The third-order valence-electron chi connectivity index (χ3n) is 3.85. The molecule has 0 amide bonds. The van der Waals surface area contributed by atoms with Gasteiger partial charge >= 0.3 is 0 Å². The Hall–Kier alpha value is -1.15. The summed E-state index contributed by atoms with van der Waals surface area (Å²) in [5.41, 5.74) is 6.30. The Bertz CT molecular complexity index is 595. The number of ether oxygens (including phenoxy) is 2. The van der Waals surface area contributed by atoms with Crippen molar-refractivity contribution in [1.29, 1.82) is 0 Å². The van der Waals surface area contributed by atoms with E-state index in [2.05, 4.69) is 4.72 Å². The molecule has 0 spiro atoms. The Labute approximate surface area is 125 Å². The van der Waals surface area contributed by atoms with Gasteiger partial charge in [-0.25, -0.2) is 13.1 Å². The molecule has 2 rings (SSSR count). The van der Waals surface area contributed by atoms with Crippen LogP contribution >= 0.6 is 0 Å². The number of aryl methyl sites for hydroxylation is 1. The van der Waals surface area contributed by atoms with Crippen LogP contribution in [0.3, 0.4) is 0 Å². The first-order valence-electron chi connectivity index (χ1n) is 6.93. The number of methoxy groups -OCH3 is 1. The first-order chi connectivity index (χ1) is 9.92. The highest BCUT2D eigenvalue weighted by atomic mass is 32.2. The van der Waals surface area contributed by atoms with Crippen LogP contribution in [0, 0.1) is 0 Å². The van der Waals surface area contributed by atoms with Crippen molar-refractivity contribution in [2.45, 2.75) is 30.3 Å². The first kappa shape index (κ1) is 16.2. The summed E-state index contributed by atoms with van der Waals surface area (Å²) in [6, 6.07) is 4.94. The van der Waals surface area contributed by atoms with Crippen LogP contribution in [0.5, 0.6) is 0 Å². The van der Waals surface area contributed by atoms with E-state index in [4.69, 9.17) is 15.2 Å². The number of sulfonamides is 1. The summed E-state index contributed by atoms with van der Waals surface area (Å²) in [7, 11) is -2.06. The molecule has 3 N–H and O–H groups in total. The lowest BCUT2D eigenvalue weighted by atomic mass is 10.0. The van der Waals surface area contributed by atoms with Gasteiger partial charge in [-0.1, -0.05) is 13.0 Å². The standard InChI is InChI=1S/C14H22N2O4S/c1-3-11-4-5-12(15)8-13(11)21(17,18)16-9-14(19-2)6-7-20-10-14/h4-5,8,16H,3,6-7,9-10,15H2,1-2H3. The van der Waals surface area contributed by atoms with Gasteiger partial charge in [0.1, 0.15) is 5.60 Å². The maximum Gasteiger partial charge on any atom is 0.241 e. The van der Waals surface area contributed by atoms with E-state index in [1.165, 1.54) is 6.07 Å². The fourth-order valence-corrected chi connectivity index (χ4v) is 3.84. The van der Waals surface area contributed by atoms with Gasteiger partial charge in [-0.05, 0) is 24.1 Å². The molecule has 1 aliphatic rings. The van der Waals surface area contributed by atoms with Crippen LogP contribution in [0.25, 0.3) is 0 Å². The van der Waals surface area contributed by atoms with Crippen LogP contribution in [0.2, 0.25) is 0 Å². The van der Waals surface area contributed by atoms with Crippen molar-refractivity contribution in [3.8, 4) is 0 Å². The van der Waals surface area contributed by atoms with E-state index in [1.807, 2.05) is 6.92 Å². The molecule has 6 nitrogen and oxygen atoms in total. The Kier molecular flexibility index (Phi) is 4.88. The van der Waals surface area contributed by atoms with Gasteiger partial charge in [0, 0.05) is 32.4 Å². The molecule has 1 aliphatic heterocycles. The van der Waals surface area contributed by atoms with Crippen molar-refractivity contribution in [2.24, 2.45) is 0 Å². The Balaban J connectivity index is 2.20. The minimum atomic E-state index is -3.63. The summed E-state index contributed by atoms with van der Waals surface area (Å²) < 4.78 is 38.4. The third-order valence-corrected chi connectivity index (χ3v) is 5.33. The van der Waals surface area contributed by atoms with Gasteiger partial charge in [0.2, 0.25) is 10.0 Å². The number of hydrogen-bond acceptors (Lipinski definition) is 5. The van der Waals surface area contributed by atoms with Gasteiger partial charge < -0.3 is 15.2 Å². The number of anilines is 1. The summed E-state index contributed by atoms with van der Waals surface area (Å²) in [6.45, 7) is 3.06. The molecular weight excluding hydrogens is 292 g/mol. The molecule has 1 aromatic rings. The molecule has 1 aromatic carbocycles. The second-order valence-corrected chi connectivity index (χ2v) is 6.97. The number of benzene rings is 1. The number of nitrogen functional groups attached to an aromatic ring is 1. The van der Waals surface area contributed by atoms with Crippen molar-refractivity contribution in [3.63, 3.8) is 0 Å². The highest BCUT2D eigenvalue weighted by Gasteiger charge is 2.36. The van der Waals surface area contributed by atoms with Crippen molar-refractivity contribution in [2.75, 3.05) is 32.6 Å². The predicted octanol–water partition coefficient (Wildman–Crippen LogP) is 0.915. The van der Waals surface area contributed by atoms with Gasteiger partial charge in [-0.15, -0.1) is 0 Å². The molecule has 1 atom stereocenters. The average Bonchev–Trinajstić information content (AvgIpc) is 2.95. The summed E-state index contributed by atoms with van der Waals surface area (Å²) >= 11 is 0. The zero-order valence-corrected chi connectivity index (χ0v) is 13.2. The molecule has 118 valence electrons. The van der Waals surface area contributed by atoms with Crippen molar-refractivity contribution in [1.82, 2.24) is 4.72 Å². The van der Waals surface area contributed by atoms with E-state index in [0.717, 1.165) is 5.56 Å². The van der Waals surface area contributed by atoms with Crippen LogP contribution in [-0.2, 0) is 25.9 Å². The molecule has 7 heteroatoms. The molecule has 0 bridgehead atoms. The van der Waals surface area contributed by atoms with Gasteiger partial charge in [-0.2, -0.15) is 0 Å². The van der Waals surface area contributed by atoms with Crippen LogP contribution in [0.4, 0.5) is 5.69 Å². The summed E-state index contributed by atoms with van der Waals surface area (Å²) in [6.07, 6.45) is 1.29. The second-order valence-electron chi connectivity index (χ2n) is 5.23. The normalized spacial score (nSPS) is 22.6. The number of rotatable bonds is 6. The van der Waals surface area contributed by atoms with Gasteiger partial charge in [0.25, 0.3) is 0 Å². The Morgan fingerprint density at radius 1 is 1.48 bits per heavy atom. The number of nitrogens with one attached hydrogen (secondary N) is 1. The van der Waals surface area contributed by atoms with E-state index in [1.54, 1.807) is 19.2 Å². The Morgan fingerprint density at radius 3 is 2.81 bits per heavy atom. The number of hydrogen-bond donors (Lipinski definition) is 2. The van der Waals surface area contributed by atoms with Crippen LogP contribution in [0.1, 0.15) is 18.9 Å². The summed E-state index contributed by atoms with van der Waals surface area (Å²) in [5.74, 6) is 0. The fourth-order valence-electron chi connectivity index (χ4n) is 2.38. The lowest BCUT2D eigenvalue weighted by Gasteiger charge is -2.26. The van der Waals surface area contributed by atoms with Gasteiger partial charge in [0.15, 0.2) is 0 Å². The lowest BCUT2D eigenvalue weighted by molar-refractivity contribution is -0.0120. The summed E-state index contributed by atoms with van der Waals surface area (Å²) in [5, 5.41) is 0. The molecule has 21 heavy (non-hydrogen) atoms. The maximum atomic E-state index is 12.5. The molecular formula is C14H22N2O4S. The van der Waals surface area contributed by atoms with Crippen LogP contribution in [0.15, 0.2) is 23.1 Å². The predicted molar refractivity (Wildman–Crippen MR) is 80.6 cm³/mol. The SMILES string of the molecule is CCc1ccc(N)cc1S(=O)(=O)NCC1(OC)CCOC1. The highest BCUT2D eigenvalue weighted by Crippen LogP contribution is 2.24. The average molecular weight is 314 g/mol. The van der Waals surface area contributed by atoms with Crippen molar-refractivity contribution < 1.29 is 17.9 Å².